The van der Waals surface area contributed by atoms with E-state index in [0.717, 1.165) is 25.8 Å². The van der Waals surface area contributed by atoms with Gasteiger partial charge in [-0.1, -0.05) is 51.4 Å². The van der Waals surface area contributed by atoms with Gasteiger partial charge in [0.1, 0.15) is 5.60 Å². The van der Waals surface area contributed by atoms with Gasteiger partial charge in [-0.25, -0.2) is 4.79 Å². The molecule has 5 heteroatoms. The van der Waals surface area contributed by atoms with Crippen molar-refractivity contribution in [3.05, 3.63) is 0 Å². The highest BCUT2D eigenvalue weighted by molar-refractivity contribution is 5.67. The highest BCUT2D eigenvalue weighted by atomic mass is 16.6. The summed E-state index contributed by atoms with van der Waals surface area (Å²) in [5.74, 6) is 0. The minimum atomic E-state index is -0.440. The summed E-state index contributed by atoms with van der Waals surface area (Å²) >= 11 is 0. The van der Waals surface area contributed by atoms with Gasteiger partial charge in [-0.3, -0.25) is 0 Å². The summed E-state index contributed by atoms with van der Waals surface area (Å²) in [5.41, 5.74) is 11.2. The van der Waals surface area contributed by atoms with Crippen LogP contribution in [-0.4, -0.2) is 30.8 Å². The lowest BCUT2D eigenvalue weighted by Crippen LogP contribution is -2.33. The van der Waals surface area contributed by atoms with Gasteiger partial charge in [-0.05, 0) is 53.0 Å². The summed E-state index contributed by atoms with van der Waals surface area (Å²) in [6.07, 6.45) is 14.3. The number of amides is 1. The molecule has 0 aliphatic heterocycles. The maximum atomic E-state index is 11.5. The van der Waals surface area contributed by atoms with Gasteiger partial charge in [-0.2, -0.15) is 0 Å². The fraction of sp³-hybridized carbons (Fsp3) is 0.950. The molecule has 0 heterocycles. The summed E-state index contributed by atoms with van der Waals surface area (Å²) in [5, 5.41) is 2.78. The smallest absolute Gasteiger partial charge is 0.407 e. The summed E-state index contributed by atoms with van der Waals surface area (Å²) in [6.45, 7) is 7.06. The van der Waals surface area contributed by atoms with Crippen LogP contribution in [0.4, 0.5) is 4.79 Å². The summed E-state index contributed by atoms with van der Waals surface area (Å²) in [7, 11) is 0. The molecule has 5 nitrogen and oxygen atoms in total. The molecule has 0 fully saturated rings. The highest BCUT2D eigenvalue weighted by Gasteiger charge is 2.15. The molecule has 0 aliphatic carbocycles. The molecule has 5 N–H and O–H groups in total. The summed E-state index contributed by atoms with van der Waals surface area (Å²) < 4.78 is 5.20. The molecule has 0 radical (unpaired) electrons. The van der Waals surface area contributed by atoms with E-state index in [1.807, 2.05) is 20.8 Å². The van der Waals surface area contributed by atoms with Crippen molar-refractivity contribution >= 4 is 6.09 Å². The Morgan fingerprint density at radius 2 is 1.36 bits per heavy atom. The largest absolute Gasteiger partial charge is 0.444 e. The van der Waals surface area contributed by atoms with E-state index >= 15 is 0 Å². The minimum absolute atomic E-state index is 0.247. The lowest BCUT2D eigenvalue weighted by Gasteiger charge is -2.19. The fourth-order valence-corrected chi connectivity index (χ4v) is 2.80. The van der Waals surface area contributed by atoms with Gasteiger partial charge >= 0.3 is 6.09 Å². The molecule has 1 atom stereocenters. The number of nitrogens with two attached hydrogens (primary N) is 2. The van der Waals surface area contributed by atoms with Crippen molar-refractivity contribution in [1.29, 1.82) is 0 Å². The first kappa shape index (κ1) is 24.2. The van der Waals surface area contributed by atoms with Gasteiger partial charge in [0.15, 0.2) is 0 Å². The first-order valence-electron chi connectivity index (χ1n) is 10.3. The number of hydrogen-bond donors (Lipinski definition) is 3. The normalized spacial score (nSPS) is 12.8. The van der Waals surface area contributed by atoms with Crippen LogP contribution in [0, 0.1) is 0 Å². The van der Waals surface area contributed by atoms with E-state index in [-0.39, 0.29) is 12.1 Å². The molecule has 25 heavy (non-hydrogen) atoms. The van der Waals surface area contributed by atoms with E-state index in [0.29, 0.717) is 6.54 Å². The molecule has 0 bridgehead atoms. The molecule has 0 aromatic heterocycles. The van der Waals surface area contributed by atoms with E-state index in [9.17, 15) is 4.79 Å². The number of unbranched alkanes of at least 4 members (excludes halogenated alkanes) is 8. The number of carbonyl (C=O) groups excluding carboxylic acids is 1. The van der Waals surface area contributed by atoms with Crippen molar-refractivity contribution < 1.29 is 9.53 Å². The molecule has 0 aliphatic rings. The molecule has 0 saturated heterocycles. The molecule has 150 valence electrons. The fourth-order valence-electron chi connectivity index (χ4n) is 2.80. The zero-order chi connectivity index (χ0) is 19.0. The summed E-state index contributed by atoms with van der Waals surface area (Å²) in [6, 6.07) is 0.247. The number of carbonyl (C=O) groups is 1. The van der Waals surface area contributed by atoms with Crippen LogP contribution < -0.4 is 16.8 Å². The van der Waals surface area contributed by atoms with Crippen LogP contribution >= 0.6 is 0 Å². The SMILES string of the molecule is CC(C)(C)OC(=O)NCCCC(N)CCCCCCCCCCCN. The van der Waals surface area contributed by atoms with Crippen molar-refractivity contribution in [2.24, 2.45) is 11.5 Å². The standard InChI is InChI=1S/C20H43N3O2/c1-20(2,3)25-19(24)23-17-13-15-18(22)14-11-9-7-5-4-6-8-10-12-16-21/h18H,4-17,21-22H2,1-3H3,(H,23,24). The second-order valence-electron chi connectivity index (χ2n) is 8.09. The zero-order valence-corrected chi connectivity index (χ0v) is 16.9. The van der Waals surface area contributed by atoms with Crippen LogP contribution in [0.15, 0.2) is 0 Å². The molecule has 1 amide bonds. The Morgan fingerprint density at radius 3 is 1.88 bits per heavy atom. The lowest BCUT2D eigenvalue weighted by molar-refractivity contribution is 0.0526. The number of hydrogen-bond acceptors (Lipinski definition) is 4. The Hall–Kier alpha value is -0.810. The number of nitrogens with one attached hydrogen (secondary N) is 1. The van der Waals surface area contributed by atoms with E-state index in [1.165, 1.54) is 57.8 Å². The molecular formula is C20H43N3O2. The highest BCUT2D eigenvalue weighted by Crippen LogP contribution is 2.12. The van der Waals surface area contributed by atoms with Crippen molar-refractivity contribution in [2.75, 3.05) is 13.1 Å². The average molecular weight is 358 g/mol. The lowest BCUT2D eigenvalue weighted by atomic mass is 10.0. The van der Waals surface area contributed by atoms with Crippen molar-refractivity contribution in [1.82, 2.24) is 5.32 Å². The maximum Gasteiger partial charge on any atom is 0.407 e. The van der Waals surface area contributed by atoms with Crippen LogP contribution in [0.5, 0.6) is 0 Å². The van der Waals surface area contributed by atoms with Gasteiger partial charge in [-0.15, -0.1) is 0 Å². The van der Waals surface area contributed by atoms with Crippen LogP contribution in [0.25, 0.3) is 0 Å². The predicted molar refractivity (Wildman–Crippen MR) is 107 cm³/mol. The Labute approximate surface area is 155 Å². The predicted octanol–water partition coefficient (Wildman–Crippen LogP) is 4.48. The Kier molecular flexibility index (Phi) is 14.9. The third-order valence-corrected chi connectivity index (χ3v) is 4.20. The third-order valence-electron chi connectivity index (χ3n) is 4.20. The number of rotatable bonds is 15. The monoisotopic (exact) mass is 357 g/mol. The third kappa shape index (κ3) is 19.4. The minimum Gasteiger partial charge on any atom is -0.444 e. The molecule has 0 aromatic rings. The molecule has 1 unspecified atom stereocenters. The van der Waals surface area contributed by atoms with E-state index < -0.39 is 5.60 Å². The topological polar surface area (TPSA) is 90.4 Å². The van der Waals surface area contributed by atoms with Gasteiger partial charge < -0.3 is 21.5 Å². The van der Waals surface area contributed by atoms with Crippen LogP contribution in [0.3, 0.4) is 0 Å². The molecular weight excluding hydrogens is 314 g/mol. The van der Waals surface area contributed by atoms with Crippen LogP contribution in [-0.2, 0) is 4.74 Å². The maximum absolute atomic E-state index is 11.5. The van der Waals surface area contributed by atoms with Crippen LogP contribution in [0.2, 0.25) is 0 Å². The summed E-state index contributed by atoms with van der Waals surface area (Å²) in [4.78, 5) is 11.5. The number of alkyl carbamates (subject to hydrolysis) is 1. The van der Waals surface area contributed by atoms with Gasteiger partial charge in [0.2, 0.25) is 0 Å². The first-order chi connectivity index (χ1) is 11.8. The Bertz CT molecular complexity index is 317. The molecule has 0 aromatic carbocycles. The second-order valence-corrected chi connectivity index (χ2v) is 8.09. The second kappa shape index (κ2) is 15.4. The van der Waals surface area contributed by atoms with E-state index in [1.54, 1.807) is 0 Å². The molecule has 0 saturated carbocycles. The zero-order valence-electron chi connectivity index (χ0n) is 16.9. The van der Waals surface area contributed by atoms with Gasteiger partial charge in [0, 0.05) is 12.6 Å². The quantitative estimate of drug-likeness (QED) is 0.377. The van der Waals surface area contributed by atoms with E-state index in [4.69, 9.17) is 16.2 Å². The van der Waals surface area contributed by atoms with Crippen LogP contribution in [0.1, 0.15) is 97.8 Å². The van der Waals surface area contributed by atoms with E-state index in [2.05, 4.69) is 5.32 Å². The number of ether oxygens (including phenoxy) is 1. The molecule has 0 spiro atoms. The Balaban J connectivity index is 3.33. The van der Waals surface area contributed by atoms with Crippen molar-refractivity contribution in [3.8, 4) is 0 Å². The molecule has 0 rings (SSSR count). The Morgan fingerprint density at radius 1 is 0.880 bits per heavy atom. The van der Waals surface area contributed by atoms with Gasteiger partial charge in [0.25, 0.3) is 0 Å². The van der Waals surface area contributed by atoms with Gasteiger partial charge in [0.05, 0.1) is 0 Å². The average Bonchev–Trinajstić information content (AvgIpc) is 2.51. The first-order valence-corrected chi connectivity index (χ1v) is 10.3. The van der Waals surface area contributed by atoms with Crippen molar-refractivity contribution in [3.63, 3.8) is 0 Å². The van der Waals surface area contributed by atoms with Crippen molar-refractivity contribution in [2.45, 2.75) is 109 Å².